The molecule has 0 saturated carbocycles. The molecule has 0 unspecified atom stereocenters. The SMILES string of the molecule is C#Cc1cccc(NC(=O)CNC(=NC)NCCc2nc(C)c(C)s2)c1. The third kappa shape index (κ3) is 5.90. The lowest BCUT2D eigenvalue weighted by atomic mass is 10.2. The number of aromatic nitrogens is 1. The zero-order chi connectivity index (χ0) is 18.9. The van der Waals surface area contributed by atoms with Gasteiger partial charge in [-0.1, -0.05) is 12.0 Å². The average Bonchev–Trinajstić information content (AvgIpc) is 2.95. The number of rotatable bonds is 6. The van der Waals surface area contributed by atoms with Crippen LogP contribution in [0.15, 0.2) is 29.3 Å². The highest BCUT2D eigenvalue weighted by molar-refractivity contribution is 7.11. The van der Waals surface area contributed by atoms with Gasteiger partial charge < -0.3 is 16.0 Å². The number of aryl methyl sites for hydroxylation is 2. The number of anilines is 1. The quantitative estimate of drug-likeness (QED) is 0.414. The number of hydrogen-bond acceptors (Lipinski definition) is 4. The van der Waals surface area contributed by atoms with E-state index in [0.29, 0.717) is 18.2 Å². The van der Waals surface area contributed by atoms with E-state index in [0.717, 1.165) is 22.7 Å². The molecule has 2 aromatic rings. The molecule has 1 aromatic carbocycles. The number of aliphatic imine (C=N–C) groups is 1. The molecule has 0 spiro atoms. The fraction of sp³-hybridized carbons (Fsp3) is 0.316. The van der Waals surface area contributed by atoms with E-state index in [1.54, 1.807) is 36.6 Å². The van der Waals surface area contributed by atoms with Crippen LogP contribution < -0.4 is 16.0 Å². The third-order valence-electron chi connectivity index (χ3n) is 3.66. The summed E-state index contributed by atoms with van der Waals surface area (Å²) in [7, 11) is 1.67. The Hall–Kier alpha value is -2.85. The average molecular weight is 369 g/mol. The molecule has 26 heavy (non-hydrogen) atoms. The van der Waals surface area contributed by atoms with E-state index in [4.69, 9.17) is 6.42 Å². The number of amides is 1. The molecule has 0 atom stereocenters. The topological polar surface area (TPSA) is 78.4 Å². The van der Waals surface area contributed by atoms with Crippen LogP contribution in [0.1, 0.15) is 21.1 Å². The number of carbonyl (C=O) groups is 1. The number of thiazole rings is 1. The minimum atomic E-state index is -0.173. The molecular weight excluding hydrogens is 346 g/mol. The number of hydrogen-bond donors (Lipinski definition) is 3. The summed E-state index contributed by atoms with van der Waals surface area (Å²) in [6, 6.07) is 7.17. The van der Waals surface area contributed by atoms with Gasteiger partial charge in [0, 0.05) is 36.1 Å². The maximum Gasteiger partial charge on any atom is 0.243 e. The van der Waals surface area contributed by atoms with Gasteiger partial charge in [0.2, 0.25) is 5.91 Å². The molecule has 2 rings (SSSR count). The van der Waals surface area contributed by atoms with Crippen molar-refractivity contribution < 1.29 is 4.79 Å². The maximum absolute atomic E-state index is 12.1. The molecular formula is C19H23N5OS. The van der Waals surface area contributed by atoms with E-state index in [1.807, 2.05) is 13.0 Å². The molecule has 7 heteroatoms. The Bertz CT molecular complexity index is 815. The number of guanidine groups is 1. The second-order valence-corrected chi connectivity index (χ2v) is 6.91. The molecule has 0 aliphatic heterocycles. The largest absolute Gasteiger partial charge is 0.356 e. The smallest absolute Gasteiger partial charge is 0.243 e. The van der Waals surface area contributed by atoms with Crippen LogP contribution in [0.3, 0.4) is 0 Å². The Labute approximate surface area is 158 Å². The van der Waals surface area contributed by atoms with Crippen molar-refractivity contribution in [3.05, 3.63) is 45.4 Å². The minimum absolute atomic E-state index is 0.107. The summed E-state index contributed by atoms with van der Waals surface area (Å²) in [6.07, 6.45) is 6.17. The summed E-state index contributed by atoms with van der Waals surface area (Å²) in [4.78, 5) is 21.9. The predicted molar refractivity (Wildman–Crippen MR) is 108 cm³/mol. The van der Waals surface area contributed by atoms with Gasteiger partial charge in [0.05, 0.1) is 17.2 Å². The van der Waals surface area contributed by atoms with Crippen LogP contribution in [-0.4, -0.2) is 37.0 Å². The first-order valence-electron chi connectivity index (χ1n) is 8.25. The molecule has 3 N–H and O–H groups in total. The van der Waals surface area contributed by atoms with Crippen LogP contribution >= 0.6 is 11.3 Å². The monoisotopic (exact) mass is 369 g/mol. The summed E-state index contributed by atoms with van der Waals surface area (Å²) < 4.78 is 0. The number of terminal acetylenes is 1. The van der Waals surface area contributed by atoms with E-state index < -0.39 is 0 Å². The predicted octanol–water partition coefficient (Wildman–Crippen LogP) is 2.09. The number of benzene rings is 1. The molecule has 0 fully saturated rings. The van der Waals surface area contributed by atoms with Gasteiger partial charge in [-0.2, -0.15) is 0 Å². The summed E-state index contributed by atoms with van der Waals surface area (Å²) in [5.41, 5.74) is 2.48. The van der Waals surface area contributed by atoms with Crippen LogP contribution in [0.25, 0.3) is 0 Å². The molecule has 6 nitrogen and oxygen atoms in total. The van der Waals surface area contributed by atoms with Crippen molar-refractivity contribution in [3.8, 4) is 12.3 Å². The first kappa shape index (κ1) is 19.5. The lowest BCUT2D eigenvalue weighted by Crippen LogP contribution is -2.42. The van der Waals surface area contributed by atoms with Crippen molar-refractivity contribution in [2.24, 2.45) is 4.99 Å². The Morgan fingerprint density at radius 1 is 1.35 bits per heavy atom. The lowest BCUT2D eigenvalue weighted by Gasteiger charge is -2.11. The number of carbonyl (C=O) groups excluding carboxylic acids is 1. The van der Waals surface area contributed by atoms with Gasteiger partial charge in [0.15, 0.2) is 5.96 Å². The molecule has 136 valence electrons. The minimum Gasteiger partial charge on any atom is -0.356 e. The standard InChI is InChI=1S/C19H23N5OS/c1-5-15-7-6-8-16(11-15)24-17(25)12-22-19(20-4)21-10-9-18-23-13(2)14(3)26-18/h1,6-8,11H,9-10,12H2,2-4H3,(H,24,25)(H2,20,21,22). The van der Waals surface area contributed by atoms with Crippen molar-refractivity contribution in [3.63, 3.8) is 0 Å². The highest BCUT2D eigenvalue weighted by Crippen LogP contribution is 2.16. The fourth-order valence-electron chi connectivity index (χ4n) is 2.21. The van der Waals surface area contributed by atoms with E-state index in [-0.39, 0.29) is 12.5 Å². The Balaban J connectivity index is 1.75. The molecule has 0 bridgehead atoms. The summed E-state index contributed by atoms with van der Waals surface area (Å²) >= 11 is 1.71. The second-order valence-electron chi connectivity index (χ2n) is 5.63. The van der Waals surface area contributed by atoms with E-state index in [2.05, 4.69) is 38.8 Å². The van der Waals surface area contributed by atoms with Crippen LogP contribution in [0.2, 0.25) is 0 Å². The van der Waals surface area contributed by atoms with Crippen LogP contribution in [0, 0.1) is 26.2 Å². The fourth-order valence-corrected chi connectivity index (χ4v) is 3.14. The zero-order valence-electron chi connectivity index (χ0n) is 15.2. The van der Waals surface area contributed by atoms with Crippen LogP contribution in [0.5, 0.6) is 0 Å². The number of nitrogens with zero attached hydrogens (tertiary/aromatic N) is 2. The van der Waals surface area contributed by atoms with Crippen molar-refractivity contribution in [1.29, 1.82) is 0 Å². The summed E-state index contributed by atoms with van der Waals surface area (Å²) in [5, 5.41) is 10.1. The summed E-state index contributed by atoms with van der Waals surface area (Å²) in [6.45, 7) is 4.89. The first-order chi connectivity index (χ1) is 12.5. The molecule has 0 aliphatic rings. The molecule has 1 heterocycles. The van der Waals surface area contributed by atoms with Gasteiger partial charge in [0.1, 0.15) is 0 Å². The molecule has 0 saturated heterocycles. The van der Waals surface area contributed by atoms with Gasteiger partial charge in [-0.05, 0) is 32.0 Å². The van der Waals surface area contributed by atoms with Crippen LogP contribution in [-0.2, 0) is 11.2 Å². The second kappa shape index (κ2) is 9.59. The Kier molecular flexibility index (Phi) is 7.18. The van der Waals surface area contributed by atoms with Crippen molar-refractivity contribution >= 4 is 28.9 Å². The van der Waals surface area contributed by atoms with Gasteiger partial charge in [0.25, 0.3) is 0 Å². The highest BCUT2D eigenvalue weighted by atomic mass is 32.1. The normalized spacial score (nSPS) is 10.9. The summed E-state index contributed by atoms with van der Waals surface area (Å²) in [5.74, 6) is 2.94. The molecule has 0 aliphatic carbocycles. The van der Waals surface area contributed by atoms with Crippen molar-refractivity contribution in [1.82, 2.24) is 15.6 Å². The molecule has 0 radical (unpaired) electrons. The van der Waals surface area contributed by atoms with Crippen molar-refractivity contribution in [2.75, 3.05) is 25.5 Å². The van der Waals surface area contributed by atoms with Gasteiger partial charge >= 0.3 is 0 Å². The van der Waals surface area contributed by atoms with Crippen molar-refractivity contribution in [2.45, 2.75) is 20.3 Å². The van der Waals surface area contributed by atoms with E-state index >= 15 is 0 Å². The molecule has 1 amide bonds. The third-order valence-corrected chi connectivity index (χ3v) is 4.79. The van der Waals surface area contributed by atoms with Crippen LogP contribution in [0.4, 0.5) is 5.69 Å². The lowest BCUT2D eigenvalue weighted by molar-refractivity contribution is -0.115. The van der Waals surface area contributed by atoms with Gasteiger partial charge in [-0.3, -0.25) is 9.79 Å². The van der Waals surface area contributed by atoms with Gasteiger partial charge in [-0.25, -0.2) is 4.98 Å². The Morgan fingerprint density at radius 3 is 2.81 bits per heavy atom. The van der Waals surface area contributed by atoms with E-state index in [1.165, 1.54) is 4.88 Å². The molecule has 1 aromatic heterocycles. The van der Waals surface area contributed by atoms with E-state index in [9.17, 15) is 4.79 Å². The highest BCUT2D eigenvalue weighted by Gasteiger charge is 2.06. The maximum atomic E-state index is 12.1. The Morgan fingerprint density at radius 2 is 2.15 bits per heavy atom. The number of nitrogens with one attached hydrogen (secondary N) is 3. The van der Waals surface area contributed by atoms with Gasteiger partial charge in [-0.15, -0.1) is 17.8 Å². The zero-order valence-corrected chi connectivity index (χ0v) is 16.0. The first-order valence-corrected chi connectivity index (χ1v) is 9.07.